The van der Waals surface area contributed by atoms with Crippen molar-refractivity contribution in [3.8, 4) is 0 Å². The van der Waals surface area contributed by atoms with Crippen LogP contribution in [0.2, 0.25) is 5.02 Å². The number of carbonyl (C=O) groups excluding carboxylic acids is 1. The molecule has 1 aliphatic rings. The van der Waals surface area contributed by atoms with Gasteiger partial charge < -0.3 is 4.90 Å². The molecule has 0 spiro atoms. The van der Waals surface area contributed by atoms with Gasteiger partial charge in [0, 0.05) is 28.1 Å². The molecule has 1 amide bonds. The van der Waals surface area contributed by atoms with Crippen molar-refractivity contribution in [2.24, 2.45) is 5.92 Å². The van der Waals surface area contributed by atoms with E-state index in [1.807, 2.05) is 0 Å². The molecule has 1 saturated heterocycles. The van der Waals surface area contributed by atoms with Crippen LogP contribution >= 0.6 is 34.2 Å². The van der Waals surface area contributed by atoms with Crippen molar-refractivity contribution in [1.29, 1.82) is 0 Å². The van der Waals surface area contributed by atoms with E-state index in [2.05, 4.69) is 22.6 Å². The van der Waals surface area contributed by atoms with E-state index in [0.717, 1.165) is 3.57 Å². The van der Waals surface area contributed by atoms with Crippen LogP contribution in [0.5, 0.6) is 0 Å². The van der Waals surface area contributed by atoms with Crippen LogP contribution in [0.3, 0.4) is 0 Å². The Bertz CT molecular complexity index is 622. The van der Waals surface area contributed by atoms with Gasteiger partial charge in [0.1, 0.15) is 0 Å². The molecule has 0 N–H and O–H groups in total. The Morgan fingerprint density at radius 2 is 2.16 bits per heavy atom. The highest BCUT2D eigenvalue weighted by Crippen LogP contribution is 2.30. The van der Waals surface area contributed by atoms with Crippen LogP contribution in [0.1, 0.15) is 6.42 Å². The molecule has 1 unspecified atom stereocenters. The summed E-state index contributed by atoms with van der Waals surface area (Å²) in [5.41, 5.74) is 0.606. The highest BCUT2D eigenvalue weighted by molar-refractivity contribution is 14.1. The van der Waals surface area contributed by atoms with Gasteiger partial charge in [-0.15, -0.1) is 3.89 Å². The average molecular weight is 418 g/mol. The maximum atomic E-state index is 12.6. The van der Waals surface area contributed by atoms with Crippen molar-refractivity contribution in [3.05, 3.63) is 26.8 Å². The highest BCUT2D eigenvalue weighted by atomic mass is 127. The van der Waals surface area contributed by atoms with Gasteiger partial charge in [-0.1, -0.05) is 11.6 Å². The Morgan fingerprint density at radius 1 is 1.47 bits per heavy atom. The quantitative estimate of drug-likeness (QED) is 0.561. The van der Waals surface area contributed by atoms with E-state index in [-0.39, 0.29) is 18.9 Å². The summed E-state index contributed by atoms with van der Waals surface area (Å²) in [6.07, 6.45) is 0.0345. The number of anilines is 1. The van der Waals surface area contributed by atoms with Crippen LogP contribution in [-0.2, 0) is 15.0 Å². The van der Waals surface area contributed by atoms with Crippen molar-refractivity contribution in [1.82, 2.24) is 0 Å². The zero-order chi connectivity index (χ0) is 14.2. The first-order valence-corrected chi connectivity index (χ1v) is 8.45. The van der Waals surface area contributed by atoms with Crippen LogP contribution in [0.4, 0.5) is 9.57 Å². The van der Waals surface area contributed by atoms with E-state index in [4.69, 9.17) is 11.6 Å². The predicted octanol–water partition coefficient (Wildman–Crippen LogP) is 2.60. The van der Waals surface area contributed by atoms with Gasteiger partial charge in [0.2, 0.25) is 5.91 Å². The van der Waals surface area contributed by atoms with Crippen LogP contribution in [-0.4, -0.2) is 26.6 Å². The minimum absolute atomic E-state index is 0.0345. The highest BCUT2D eigenvalue weighted by Gasteiger charge is 2.33. The van der Waals surface area contributed by atoms with Crippen molar-refractivity contribution in [2.75, 3.05) is 17.2 Å². The Kier molecular flexibility index (Phi) is 4.36. The van der Waals surface area contributed by atoms with E-state index in [1.54, 1.807) is 18.2 Å². The maximum absolute atomic E-state index is 12.6. The van der Waals surface area contributed by atoms with Gasteiger partial charge in [0.05, 0.1) is 10.8 Å². The van der Waals surface area contributed by atoms with Gasteiger partial charge in [-0.05, 0) is 40.8 Å². The smallest absolute Gasteiger partial charge is 0.302 e. The van der Waals surface area contributed by atoms with E-state index in [1.165, 1.54) is 4.90 Å². The van der Waals surface area contributed by atoms with E-state index in [0.29, 0.717) is 10.7 Å². The van der Waals surface area contributed by atoms with E-state index >= 15 is 0 Å². The molecule has 1 aromatic carbocycles. The summed E-state index contributed by atoms with van der Waals surface area (Å²) in [7, 11) is -4.56. The monoisotopic (exact) mass is 417 g/mol. The number of rotatable bonds is 3. The van der Waals surface area contributed by atoms with Gasteiger partial charge in [0.25, 0.3) is 0 Å². The molecular formula is C11H10ClFINO3S. The van der Waals surface area contributed by atoms with Crippen LogP contribution in [0, 0.1) is 9.49 Å². The largest absolute Gasteiger partial charge is 0.312 e. The Morgan fingerprint density at radius 3 is 2.74 bits per heavy atom. The Labute approximate surface area is 129 Å². The number of halogens is 3. The summed E-state index contributed by atoms with van der Waals surface area (Å²) in [5, 5.41) is 0.521. The first kappa shape index (κ1) is 15.0. The lowest BCUT2D eigenvalue weighted by molar-refractivity contribution is -0.117. The SMILES string of the molecule is O=C1CC(CS(=O)(=O)F)CN1c1ccc(I)c(Cl)c1. The lowest BCUT2D eigenvalue weighted by Gasteiger charge is -2.17. The number of nitrogens with zero attached hydrogens (tertiary/aromatic N) is 1. The summed E-state index contributed by atoms with van der Waals surface area (Å²) in [4.78, 5) is 13.3. The van der Waals surface area contributed by atoms with Gasteiger partial charge in [-0.25, -0.2) is 0 Å². The van der Waals surface area contributed by atoms with Gasteiger partial charge in [0.15, 0.2) is 0 Å². The van der Waals surface area contributed by atoms with Crippen molar-refractivity contribution in [3.63, 3.8) is 0 Å². The number of amides is 1. The normalized spacial score (nSPS) is 20.1. The molecular weight excluding hydrogens is 408 g/mol. The lowest BCUT2D eigenvalue weighted by Crippen LogP contribution is -2.25. The molecule has 1 heterocycles. The molecule has 2 rings (SSSR count). The van der Waals surface area contributed by atoms with Crippen molar-refractivity contribution >= 4 is 56.0 Å². The fourth-order valence-corrected chi connectivity index (χ4v) is 3.37. The van der Waals surface area contributed by atoms with E-state index in [9.17, 15) is 17.1 Å². The summed E-state index contributed by atoms with van der Waals surface area (Å²) in [5.74, 6) is -1.35. The third-order valence-corrected chi connectivity index (χ3v) is 5.30. The molecule has 1 fully saturated rings. The number of benzene rings is 1. The molecule has 0 aromatic heterocycles. The summed E-state index contributed by atoms with van der Waals surface area (Å²) in [6, 6.07) is 5.15. The van der Waals surface area contributed by atoms with Crippen LogP contribution < -0.4 is 4.90 Å². The minimum atomic E-state index is -4.56. The maximum Gasteiger partial charge on any atom is 0.302 e. The molecule has 0 bridgehead atoms. The van der Waals surface area contributed by atoms with Crippen molar-refractivity contribution in [2.45, 2.75) is 6.42 Å². The summed E-state index contributed by atoms with van der Waals surface area (Å²) < 4.78 is 34.7. The molecule has 1 aromatic rings. The first-order chi connectivity index (χ1) is 8.76. The second-order valence-electron chi connectivity index (χ2n) is 4.38. The lowest BCUT2D eigenvalue weighted by atomic mass is 10.1. The average Bonchev–Trinajstić information content (AvgIpc) is 2.61. The molecule has 4 nitrogen and oxygen atoms in total. The second kappa shape index (κ2) is 5.53. The number of hydrogen-bond donors (Lipinski definition) is 0. The van der Waals surface area contributed by atoms with Crippen LogP contribution in [0.15, 0.2) is 18.2 Å². The molecule has 1 atom stereocenters. The zero-order valence-corrected chi connectivity index (χ0v) is 13.4. The molecule has 0 aliphatic carbocycles. The summed E-state index contributed by atoms with van der Waals surface area (Å²) >= 11 is 8.05. The van der Waals surface area contributed by atoms with Crippen molar-refractivity contribution < 1.29 is 17.1 Å². The van der Waals surface area contributed by atoms with Crippen LogP contribution in [0.25, 0.3) is 0 Å². The molecule has 0 radical (unpaired) electrons. The zero-order valence-electron chi connectivity index (χ0n) is 9.64. The molecule has 1 aliphatic heterocycles. The topological polar surface area (TPSA) is 54.5 Å². The molecule has 19 heavy (non-hydrogen) atoms. The molecule has 0 saturated carbocycles. The standard InChI is InChI=1S/C11H10ClFINO3S/c12-9-4-8(1-2-10(9)14)15-5-7(3-11(15)16)6-19(13,17)18/h1-2,4,7H,3,5-6H2. The Hall–Kier alpha value is -0.410. The predicted molar refractivity (Wildman–Crippen MR) is 79.5 cm³/mol. The Balaban J connectivity index is 2.18. The third kappa shape index (κ3) is 3.79. The third-order valence-electron chi connectivity index (χ3n) is 2.85. The minimum Gasteiger partial charge on any atom is -0.312 e. The fraction of sp³-hybridized carbons (Fsp3) is 0.364. The van der Waals surface area contributed by atoms with Gasteiger partial charge in [-0.2, -0.15) is 8.42 Å². The number of carbonyl (C=O) groups is 1. The fourth-order valence-electron chi connectivity index (χ4n) is 2.08. The second-order valence-corrected chi connectivity index (χ2v) is 7.36. The molecule has 8 heteroatoms. The number of hydrogen-bond acceptors (Lipinski definition) is 3. The van der Waals surface area contributed by atoms with Gasteiger partial charge in [-0.3, -0.25) is 4.79 Å². The van der Waals surface area contributed by atoms with E-state index < -0.39 is 21.9 Å². The van der Waals surface area contributed by atoms with Gasteiger partial charge >= 0.3 is 10.2 Å². The molecule has 104 valence electrons. The summed E-state index contributed by atoms with van der Waals surface area (Å²) in [6.45, 7) is 0.193. The first-order valence-electron chi connectivity index (χ1n) is 5.44.